The summed E-state index contributed by atoms with van der Waals surface area (Å²) < 4.78 is 5.50. The van der Waals surface area contributed by atoms with Gasteiger partial charge in [-0.2, -0.15) is 0 Å². The highest BCUT2D eigenvalue weighted by atomic mass is 32.1. The van der Waals surface area contributed by atoms with E-state index in [0.717, 1.165) is 17.4 Å². The average Bonchev–Trinajstić information content (AvgIpc) is 2.79. The van der Waals surface area contributed by atoms with Gasteiger partial charge in [0.25, 0.3) is 0 Å². The van der Waals surface area contributed by atoms with Crippen LogP contribution in [0.15, 0.2) is 35.8 Å². The number of anilines is 1. The van der Waals surface area contributed by atoms with E-state index in [9.17, 15) is 0 Å². The molecule has 15 heavy (non-hydrogen) atoms. The van der Waals surface area contributed by atoms with Crippen LogP contribution < -0.4 is 10.1 Å². The normalized spacial score (nSPS) is 9.87. The molecule has 0 atom stereocenters. The Balaban J connectivity index is 1.68. The highest BCUT2D eigenvalue weighted by molar-refractivity contribution is 7.13. The maximum atomic E-state index is 5.50. The Hall–Kier alpha value is -1.62. The molecule has 0 amide bonds. The first-order chi connectivity index (χ1) is 7.45. The van der Waals surface area contributed by atoms with Crippen molar-refractivity contribution in [2.75, 3.05) is 18.5 Å². The Labute approximate surface area is 91.9 Å². The molecule has 0 aliphatic rings. The average molecular weight is 221 g/mol. The number of ether oxygens (including phenoxy) is 1. The summed E-state index contributed by atoms with van der Waals surface area (Å²) >= 11 is 1.48. The van der Waals surface area contributed by atoms with Gasteiger partial charge in [-0.15, -0.1) is 10.2 Å². The van der Waals surface area contributed by atoms with Crippen LogP contribution in [0.3, 0.4) is 0 Å². The number of nitrogens with zero attached hydrogens (tertiary/aromatic N) is 2. The zero-order chi connectivity index (χ0) is 10.3. The number of aromatic nitrogens is 2. The highest BCUT2D eigenvalue weighted by Gasteiger charge is 1.94. The van der Waals surface area contributed by atoms with Crippen molar-refractivity contribution in [1.29, 1.82) is 0 Å². The van der Waals surface area contributed by atoms with E-state index in [0.29, 0.717) is 6.61 Å². The van der Waals surface area contributed by atoms with E-state index in [1.165, 1.54) is 11.3 Å². The van der Waals surface area contributed by atoms with Crippen LogP contribution in [0.2, 0.25) is 0 Å². The van der Waals surface area contributed by atoms with Crippen LogP contribution in [0.25, 0.3) is 0 Å². The fourth-order valence-corrected chi connectivity index (χ4v) is 1.57. The Bertz CT molecular complexity index is 377. The van der Waals surface area contributed by atoms with Crippen molar-refractivity contribution < 1.29 is 4.74 Å². The van der Waals surface area contributed by atoms with Gasteiger partial charge in [-0.1, -0.05) is 29.5 Å². The van der Waals surface area contributed by atoms with Gasteiger partial charge in [0.15, 0.2) is 0 Å². The van der Waals surface area contributed by atoms with Crippen molar-refractivity contribution in [3.63, 3.8) is 0 Å². The highest BCUT2D eigenvalue weighted by Crippen LogP contribution is 2.09. The number of hydrogen-bond donors (Lipinski definition) is 1. The van der Waals surface area contributed by atoms with E-state index in [1.807, 2.05) is 30.3 Å². The lowest BCUT2D eigenvalue weighted by molar-refractivity contribution is 0.333. The fraction of sp³-hybridized carbons (Fsp3) is 0.200. The first kappa shape index (κ1) is 9.92. The molecule has 78 valence electrons. The molecule has 0 aliphatic heterocycles. The summed E-state index contributed by atoms with van der Waals surface area (Å²) in [6.45, 7) is 1.34. The summed E-state index contributed by atoms with van der Waals surface area (Å²) in [6, 6.07) is 9.74. The van der Waals surface area contributed by atoms with Gasteiger partial charge in [-0.3, -0.25) is 0 Å². The molecular formula is C10H11N3OS. The number of nitrogens with one attached hydrogen (secondary N) is 1. The molecule has 0 saturated heterocycles. The Kier molecular flexibility index (Phi) is 3.51. The maximum absolute atomic E-state index is 5.50. The molecule has 1 aromatic carbocycles. The van der Waals surface area contributed by atoms with Crippen LogP contribution in [-0.2, 0) is 0 Å². The number of para-hydroxylation sites is 1. The molecule has 4 nitrogen and oxygen atoms in total. The van der Waals surface area contributed by atoms with Crippen molar-refractivity contribution in [3.05, 3.63) is 35.8 Å². The second kappa shape index (κ2) is 5.31. The summed E-state index contributed by atoms with van der Waals surface area (Å²) in [4.78, 5) is 0. The lowest BCUT2D eigenvalue weighted by atomic mass is 10.3. The number of rotatable bonds is 5. The monoisotopic (exact) mass is 221 g/mol. The van der Waals surface area contributed by atoms with Crippen LogP contribution in [-0.4, -0.2) is 23.3 Å². The van der Waals surface area contributed by atoms with Crippen LogP contribution in [0.1, 0.15) is 0 Å². The summed E-state index contributed by atoms with van der Waals surface area (Å²) in [5, 5.41) is 11.5. The summed E-state index contributed by atoms with van der Waals surface area (Å²) in [6.07, 6.45) is 0. The van der Waals surface area contributed by atoms with Gasteiger partial charge >= 0.3 is 0 Å². The Morgan fingerprint density at radius 3 is 2.87 bits per heavy atom. The predicted octanol–water partition coefficient (Wildman–Crippen LogP) is 2.03. The molecule has 5 heteroatoms. The van der Waals surface area contributed by atoms with Crippen molar-refractivity contribution in [1.82, 2.24) is 10.2 Å². The van der Waals surface area contributed by atoms with Gasteiger partial charge in [-0.25, -0.2) is 0 Å². The number of hydrogen-bond acceptors (Lipinski definition) is 5. The molecule has 1 heterocycles. The standard InChI is InChI=1S/C10H11N3OS/c1-2-4-9(5-3-1)14-7-6-11-10-13-12-8-15-10/h1-5,8H,6-7H2,(H,11,13). The smallest absolute Gasteiger partial charge is 0.205 e. The molecule has 0 radical (unpaired) electrons. The molecular weight excluding hydrogens is 210 g/mol. The molecule has 0 spiro atoms. The summed E-state index contributed by atoms with van der Waals surface area (Å²) in [7, 11) is 0. The zero-order valence-electron chi connectivity index (χ0n) is 8.09. The van der Waals surface area contributed by atoms with Crippen LogP contribution in [0.4, 0.5) is 5.13 Å². The molecule has 0 fully saturated rings. The van der Waals surface area contributed by atoms with Crippen molar-refractivity contribution in [2.45, 2.75) is 0 Å². The zero-order valence-corrected chi connectivity index (χ0v) is 8.91. The van der Waals surface area contributed by atoms with E-state index >= 15 is 0 Å². The SMILES string of the molecule is c1ccc(OCCNc2nncs2)cc1. The van der Waals surface area contributed by atoms with Gasteiger partial charge in [0.2, 0.25) is 5.13 Å². The predicted molar refractivity (Wildman–Crippen MR) is 60.3 cm³/mol. The lowest BCUT2D eigenvalue weighted by Crippen LogP contribution is -2.11. The Morgan fingerprint density at radius 1 is 1.27 bits per heavy atom. The first-order valence-corrected chi connectivity index (χ1v) is 5.51. The molecule has 0 unspecified atom stereocenters. The molecule has 2 aromatic rings. The summed E-state index contributed by atoms with van der Waals surface area (Å²) in [5.41, 5.74) is 1.69. The van der Waals surface area contributed by atoms with Crippen molar-refractivity contribution >= 4 is 16.5 Å². The van der Waals surface area contributed by atoms with Gasteiger partial charge in [-0.05, 0) is 12.1 Å². The lowest BCUT2D eigenvalue weighted by Gasteiger charge is -2.05. The van der Waals surface area contributed by atoms with Crippen LogP contribution in [0.5, 0.6) is 5.75 Å². The minimum atomic E-state index is 0.615. The quantitative estimate of drug-likeness (QED) is 0.785. The van der Waals surface area contributed by atoms with Crippen molar-refractivity contribution in [2.24, 2.45) is 0 Å². The van der Waals surface area contributed by atoms with Crippen LogP contribution >= 0.6 is 11.3 Å². The van der Waals surface area contributed by atoms with E-state index in [-0.39, 0.29) is 0 Å². The van der Waals surface area contributed by atoms with E-state index < -0.39 is 0 Å². The topological polar surface area (TPSA) is 47.0 Å². The van der Waals surface area contributed by atoms with Crippen LogP contribution in [0, 0.1) is 0 Å². The second-order valence-electron chi connectivity index (χ2n) is 2.83. The second-order valence-corrected chi connectivity index (χ2v) is 3.67. The molecule has 1 N–H and O–H groups in total. The molecule has 0 saturated carbocycles. The van der Waals surface area contributed by atoms with Gasteiger partial charge in [0.1, 0.15) is 17.9 Å². The maximum Gasteiger partial charge on any atom is 0.205 e. The summed E-state index contributed by atoms with van der Waals surface area (Å²) in [5.74, 6) is 0.886. The van der Waals surface area contributed by atoms with Gasteiger partial charge in [0, 0.05) is 0 Å². The third kappa shape index (κ3) is 3.21. The number of benzene rings is 1. The van der Waals surface area contributed by atoms with Gasteiger partial charge < -0.3 is 10.1 Å². The van der Waals surface area contributed by atoms with E-state index in [4.69, 9.17) is 4.74 Å². The largest absolute Gasteiger partial charge is 0.492 e. The molecule has 1 aromatic heterocycles. The first-order valence-electron chi connectivity index (χ1n) is 4.63. The fourth-order valence-electron chi connectivity index (χ4n) is 1.09. The third-order valence-electron chi connectivity index (χ3n) is 1.75. The molecule has 0 aliphatic carbocycles. The van der Waals surface area contributed by atoms with E-state index in [2.05, 4.69) is 15.5 Å². The van der Waals surface area contributed by atoms with Gasteiger partial charge in [0.05, 0.1) is 6.54 Å². The molecule has 0 bridgehead atoms. The molecule has 2 rings (SSSR count). The minimum absolute atomic E-state index is 0.615. The van der Waals surface area contributed by atoms with Crippen molar-refractivity contribution in [3.8, 4) is 5.75 Å². The Morgan fingerprint density at radius 2 is 2.13 bits per heavy atom. The van der Waals surface area contributed by atoms with E-state index in [1.54, 1.807) is 5.51 Å². The minimum Gasteiger partial charge on any atom is -0.492 e. The third-order valence-corrected chi connectivity index (χ3v) is 2.40.